The van der Waals surface area contributed by atoms with Crippen molar-refractivity contribution in [1.82, 2.24) is 5.32 Å². The maximum atomic E-state index is 13.6. The van der Waals surface area contributed by atoms with Gasteiger partial charge in [-0.05, 0) is 56.3 Å². The van der Waals surface area contributed by atoms with Crippen molar-refractivity contribution in [3.63, 3.8) is 0 Å². The van der Waals surface area contributed by atoms with Crippen molar-refractivity contribution in [2.24, 2.45) is 35.5 Å². The zero-order chi connectivity index (χ0) is 40.4. The van der Waals surface area contributed by atoms with Crippen molar-refractivity contribution in [3.05, 3.63) is 0 Å². The van der Waals surface area contributed by atoms with E-state index < -0.39 is 54.2 Å². The van der Waals surface area contributed by atoms with Crippen LogP contribution in [0.15, 0.2) is 0 Å². The van der Waals surface area contributed by atoms with Crippen LogP contribution in [0.4, 0.5) is 0 Å². The molecule has 3 saturated heterocycles. The summed E-state index contributed by atoms with van der Waals surface area (Å²) >= 11 is 0. The van der Waals surface area contributed by atoms with Gasteiger partial charge in [0.15, 0.2) is 18.2 Å². The summed E-state index contributed by atoms with van der Waals surface area (Å²) in [4.78, 5) is 39.2. The number of nitrogens with one attached hydrogen (secondary N) is 1. The Morgan fingerprint density at radius 3 is 2.17 bits per heavy atom. The minimum absolute atomic E-state index is 0.0171. The zero-order valence-corrected chi connectivity index (χ0v) is 35.8. The number of rotatable bonds is 20. The SMILES string of the molecule is CCCCCC(=O)N[C@@H](CO[C@@H]1OC(CO[C@]2(C(=O)OC)C[C@@H](C)[C@@H](C)C([C@H](C)[C@H](C)CC)O2)[C@@H](C)[C@H](C)C1OC(C)=O)[C@@H]1OC(C)(C)O[C@@H]1CCCC. The molecule has 3 heterocycles. The van der Waals surface area contributed by atoms with Crippen molar-refractivity contribution in [1.29, 1.82) is 0 Å². The van der Waals surface area contributed by atoms with Crippen molar-refractivity contribution >= 4 is 17.8 Å². The second-order valence-electron chi connectivity index (χ2n) is 17.0. The first-order chi connectivity index (χ1) is 25.4. The standard InChI is InChI=1S/C42H75NO11/c1-14-17-19-21-35(45)43-32(38-33(20-18-15-2)52-41(11,12)53-38)23-48-39-37(50-31(10)44)30(9)29(8)34(51-39)24-49-42(40(46)47-13)22-26(5)28(7)36(54-42)27(6)25(4)16-3/h25-30,32-34,36-39H,14-24H2,1-13H3,(H,43,45)/t25-,26-,27-,28-,29+,30+,32+,33-,34?,36?,37?,38+,39-,42-/m1/s1. The van der Waals surface area contributed by atoms with Crippen molar-refractivity contribution in [3.8, 4) is 0 Å². The largest absolute Gasteiger partial charge is 0.465 e. The lowest BCUT2D eigenvalue weighted by Crippen LogP contribution is -2.59. The molecule has 3 rings (SSSR count). The van der Waals surface area contributed by atoms with E-state index in [9.17, 15) is 14.4 Å². The van der Waals surface area contributed by atoms with Gasteiger partial charge >= 0.3 is 11.9 Å². The highest BCUT2D eigenvalue weighted by atomic mass is 16.8. The topological polar surface area (TPSA) is 137 Å². The predicted molar refractivity (Wildman–Crippen MR) is 205 cm³/mol. The highest BCUT2D eigenvalue weighted by Gasteiger charge is 2.54. The number of hydrogen-bond donors (Lipinski definition) is 1. The summed E-state index contributed by atoms with van der Waals surface area (Å²) in [6, 6.07) is -0.556. The maximum absolute atomic E-state index is 13.6. The maximum Gasteiger partial charge on any atom is 0.366 e. The lowest BCUT2D eigenvalue weighted by Gasteiger charge is -2.49. The molecule has 3 fully saturated rings. The summed E-state index contributed by atoms with van der Waals surface area (Å²) in [5.41, 5.74) is 0. The Labute approximate surface area is 326 Å². The molecule has 0 aromatic carbocycles. The quantitative estimate of drug-likeness (QED) is 0.0984. The highest BCUT2D eigenvalue weighted by Crippen LogP contribution is 2.44. The average molecular weight is 770 g/mol. The summed E-state index contributed by atoms with van der Waals surface area (Å²) in [6.07, 6.45) is 4.00. The molecule has 14 atom stereocenters. The highest BCUT2D eigenvalue weighted by molar-refractivity contribution is 5.78. The Balaban J connectivity index is 1.88. The second-order valence-corrected chi connectivity index (χ2v) is 17.0. The van der Waals surface area contributed by atoms with E-state index >= 15 is 0 Å². The summed E-state index contributed by atoms with van der Waals surface area (Å²) in [5, 5.41) is 3.19. The molecule has 3 aliphatic heterocycles. The van der Waals surface area contributed by atoms with Gasteiger partial charge in [-0.25, -0.2) is 4.79 Å². The van der Waals surface area contributed by atoms with Gasteiger partial charge in [-0.2, -0.15) is 0 Å². The minimum Gasteiger partial charge on any atom is -0.465 e. The van der Waals surface area contributed by atoms with Gasteiger partial charge in [-0.15, -0.1) is 0 Å². The monoisotopic (exact) mass is 770 g/mol. The number of carbonyl (C=O) groups excluding carboxylic acids is 3. The lowest BCUT2D eigenvalue weighted by atomic mass is 9.74. The molecule has 0 aromatic heterocycles. The van der Waals surface area contributed by atoms with E-state index in [0.29, 0.717) is 18.8 Å². The van der Waals surface area contributed by atoms with Crippen molar-refractivity contribution in [2.45, 2.75) is 195 Å². The van der Waals surface area contributed by atoms with Crippen LogP contribution in [0.2, 0.25) is 0 Å². The Morgan fingerprint density at radius 2 is 1.56 bits per heavy atom. The fourth-order valence-corrected chi connectivity index (χ4v) is 8.25. The van der Waals surface area contributed by atoms with Crippen molar-refractivity contribution < 1.29 is 52.3 Å². The van der Waals surface area contributed by atoms with Gasteiger partial charge in [0, 0.05) is 25.7 Å². The Morgan fingerprint density at radius 1 is 0.870 bits per heavy atom. The molecule has 0 aliphatic carbocycles. The van der Waals surface area contributed by atoms with E-state index in [1.54, 1.807) is 0 Å². The molecule has 0 saturated carbocycles. The second kappa shape index (κ2) is 21.1. The van der Waals surface area contributed by atoms with Gasteiger partial charge in [-0.1, -0.05) is 94.4 Å². The molecule has 3 unspecified atom stereocenters. The summed E-state index contributed by atoms with van der Waals surface area (Å²) in [7, 11) is 1.36. The smallest absolute Gasteiger partial charge is 0.366 e. The summed E-state index contributed by atoms with van der Waals surface area (Å²) < 4.78 is 50.3. The first-order valence-corrected chi connectivity index (χ1v) is 20.9. The van der Waals surface area contributed by atoms with Crippen molar-refractivity contribution in [2.75, 3.05) is 20.3 Å². The molecule has 3 aliphatic rings. The van der Waals surface area contributed by atoms with Gasteiger partial charge < -0.3 is 43.2 Å². The minimum atomic E-state index is -1.60. The third-order valence-electron chi connectivity index (χ3n) is 12.4. The van der Waals surface area contributed by atoms with Crippen LogP contribution in [0.5, 0.6) is 0 Å². The Kier molecular flexibility index (Phi) is 18.2. The number of ether oxygens (including phenoxy) is 8. The molecule has 12 nitrogen and oxygen atoms in total. The number of esters is 2. The van der Waals surface area contributed by atoms with Gasteiger partial charge in [0.05, 0.1) is 44.7 Å². The fraction of sp³-hybridized carbons (Fsp3) is 0.929. The number of unbranched alkanes of at least 4 members (excludes halogenated alkanes) is 3. The first kappa shape index (κ1) is 46.6. The normalized spacial score (nSPS) is 35.5. The van der Waals surface area contributed by atoms with E-state index in [2.05, 4.69) is 53.8 Å². The van der Waals surface area contributed by atoms with E-state index in [-0.39, 0.29) is 60.9 Å². The Hall–Kier alpha value is -1.83. The van der Waals surface area contributed by atoms with Crippen LogP contribution >= 0.6 is 0 Å². The number of methoxy groups -OCH3 is 1. The van der Waals surface area contributed by atoms with E-state index in [0.717, 1.165) is 44.9 Å². The van der Waals surface area contributed by atoms with Gasteiger partial charge in [0.25, 0.3) is 5.79 Å². The van der Waals surface area contributed by atoms with Crippen LogP contribution in [0, 0.1) is 35.5 Å². The number of carbonyl (C=O) groups is 3. The molecule has 0 aromatic rings. The molecule has 0 radical (unpaired) electrons. The molecule has 0 spiro atoms. The average Bonchev–Trinajstić information content (AvgIpc) is 3.44. The summed E-state index contributed by atoms with van der Waals surface area (Å²) in [6.45, 7) is 24.3. The van der Waals surface area contributed by atoms with Crippen LogP contribution < -0.4 is 5.32 Å². The summed E-state index contributed by atoms with van der Waals surface area (Å²) in [5.74, 6) is -2.98. The van der Waals surface area contributed by atoms with Crippen LogP contribution in [0.1, 0.15) is 141 Å². The zero-order valence-electron chi connectivity index (χ0n) is 35.8. The molecular weight excluding hydrogens is 694 g/mol. The van der Waals surface area contributed by atoms with Gasteiger partial charge in [0.1, 0.15) is 6.10 Å². The van der Waals surface area contributed by atoms with Crippen LogP contribution in [-0.2, 0) is 52.3 Å². The van der Waals surface area contributed by atoms with Gasteiger partial charge in [0.2, 0.25) is 5.91 Å². The molecular formula is C42H75NO11. The van der Waals surface area contributed by atoms with Gasteiger partial charge in [-0.3, -0.25) is 9.59 Å². The number of hydrogen-bond acceptors (Lipinski definition) is 11. The predicted octanol–water partition coefficient (Wildman–Crippen LogP) is 7.34. The molecule has 12 heteroatoms. The molecule has 314 valence electrons. The fourth-order valence-electron chi connectivity index (χ4n) is 8.25. The molecule has 54 heavy (non-hydrogen) atoms. The molecule has 1 amide bonds. The Bertz CT molecular complexity index is 1180. The first-order valence-electron chi connectivity index (χ1n) is 20.9. The third-order valence-corrected chi connectivity index (χ3v) is 12.4. The molecule has 1 N–H and O–H groups in total. The van der Waals surface area contributed by atoms with Crippen LogP contribution in [-0.4, -0.2) is 92.6 Å². The van der Waals surface area contributed by atoms with E-state index in [4.69, 9.17) is 37.9 Å². The third kappa shape index (κ3) is 12.1. The lowest BCUT2D eigenvalue weighted by molar-refractivity contribution is -0.327. The van der Waals surface area contributed by atoms with Crippen LogP contribution in [0.25, 0.3) is 0 Å². The molecule has 0 bridgehead atoms. The van der Waals surface area contributed by atoms with E-state index in [1.165, 1.54) is 14.0 Å². The van der Waals surface area contributed by atoms with Crippen LogP contribution in [0.3, 0.4) is 0 Å². The van der Waals surface area contributed by atoms with E-state index in [1.807, 2.05) is 27.7 Å². The number of amides is 1.